The molecule has 0 radical (unpaired) electrons. The van der Waals surface area contributed by atoms with Gasteiger partial charge in [0.15, 0.2) is 0 Å². The van der Waals surface area contributed by atoms with Crippen molar-refractivity contribution in [3.8, 4) is 0 Å². The van der Waals surface area contributed by atoms with Crippen LogP contribution in [0.4, 0.5) is 0 Å². The summed E-state index contributed by atoms with van der Waals surface area (Å²) in [7, 11) is 1.55. The van der Waals surface area contributed by atoms with Crippen LogP contribution in [-0.2, 0) is 14.3 Å². The second-order valence-electron chi connectivity index (χ2n) is 3.57. The number of rotatable bonds is 7. The van der Waals surface area contributed by atoms with Crippen LogP contribution in [0.2, 0.25) is 0 Å². The molecular weight excluding hydrogens is 196 g/mol. The molecule has 2 unspecified atom stereocenters. The lowest BCUT2D eigenvalue weighted by Gasteiger charge is -2.28. The fourth-order valence-corrected chi connectivity index (χ4v) is 1.30. The van der Waals surface area contributed by atoms with E-state index in [1.54, 1.807) is 21.0 Å². The van der Waals surface area contributed by atoms with Gasteiger partial charge in [-0.3, -0.25) is 4.79 Å². The van der Waals surface area contributed by atoms with E-state index < -0.39 is 17.5 Å². The van der Waals surface area contributed by atoms with E-state index in [0.29, 0.717) is 19.6 Å². The molecule has 0 saturated carbocycles. The molecule has 0 aliphatic heterocycles. The highest BCUT2D eigenvalue weighted by Gasteiger charge is 2.35. The van der Waals surface area contributed by atoms with Crippen LogP contribution in [0.25, 0.3) is 0 Å². The number of carbonyl (C=O) groups is 1. The highest BCUT2D eigenvalue weighted by molar-refractivity contribution is 5.75. The van der Waals surface area contributed by atoms with E-state index in [1.807, 2.05) is 0 Å². The van der Waals surface area contributed by atoms with Crippen molar-refractivity contribution in [1.82, 2.24) is 0 Å². The van der Waals surface area contributed by atoms with E-state index in [4.69, 9.17) is 9.47 Å². The van der Waals surface area contributed by atoms with Crippen LogP contribution in [-0.4, -0.2) is 37.0 Å². The Morgan fingerprint density at radius 2 is 2.27 bits per heavy atom. The molecule has 0 saturated heterocycles. The Balaban J connectivity index is 4.48. The van der Waals surface area contributed by atoms with Gasteiger partial charge < -0.3 is 14.6 Å². The normalized spacial score (nSPS) is 16.5. The topological polar surface area (TPSA) is 55.8 Å². The summed E-state index contributed by atoms with van der Waals surface area (Å²) in [4.78, 5) is 11.5. The highest BCUT2D eigenvalue weighted by atomic mass is 16.5. The minimum Gasteiger partial charge on any atom is -0.465 e. The third kappa shape index (κ3) is 4.44. The van der Waals surface area contributed by atoms with Gasteiger partial charge in [0.2, 0.25) is 0 Å². The van der Waals surface area contributed by atoms with Crippen molar-refractivity contribution in [3.63, 3.8) is 0 Å². The van der Waals surface area contributed by atoms with Crippen molar-refractivity contribution < 1.29 is 19.4 Å². The Labute approximate surface area is 90.9 Å². The Morgan fingerprint density at radius 1 is 1.67 bits per heavy atom. The van der Waals surface area contributed by atoms with Gasteiger partial charge in [-0.1, -0.05) is 6.08 Å². The molecule has 0 aromatic rings. The maximum atomic E-state index is 11.5. The van der Waals surface area contributed by atoms with Crippen molar-refractivity contribution in [2.45, 2.75) is 25.9 Å². The summed E-state index contributed by atoms with van der Waals surface area (Å²) in [5.74, 6) is -1.17. The molecule has 0 aromatic heterocycles. The van der Waals surface area contributed by atoms with E-state index in [1.165, 1.54) is 6.08 Å². The van der Waals surface area contributed by atoms with Gasteiger partial charge in [0.1, 0.15) is 5.92 Å². The van der Waals surface area contributed by atoms with Crippen LogP contribution in [0.3, 0.4) is 0 Å². The highest BCUT2D eigenvalue weighted by Crippen LogP contribution is 2.23. The smallest absolute Gasteiger partial charge is 0.315 e. The number of hydrogen-bond donors (Lipinski definition) is 1. The Morgan fingerprint density at radius 3 is 2.67 bits per heavy atom. The molecule has 0 fully saturated rings. The zero-order chi connectivity index (χ0) is 11.9. The van der Waals surface area contributed by atoms with Crippen LogP contribution in [0.5, 0.6) is 0 Å². The molecule has 15 heavy (non-hydrogen) atoms. The van der Waals surface area contributed by atoms with E-state index in [0.717, 1.165) is 0 Å². The van der Waals surface area contributed by atoms with Crippen LogP contribution in [0.1, 0.15) is 20.3 Å². The molecule has 88 valence electrons. The lowest BCUT2D eigenvalue weighted by molar-refractivity contribution is -0.154. The van der Waals surface area contributed by atoms with E-state index in [-0.39, 0.29) is 0 Å². The van der Waals surface area contributed by atoms with E-state index in [9.17, 15) is 9.90 Å². The zero-order valence-corrected chi connectivity index (χ0v) is 9.66. The first-order valence-corrected chi connectivity index (χ1v) is 5.00. The number of ether oxygens (including phenoxy) is 2. The summed E-state index contributed by atoms with van der Waals surface area (Å²) in [5, 5.41) is 10.1. The van der Waals surface area contributed by atoms with Crippen LogP contribution in [0, 0.1) is 5.92 Å². The molecule has 0 aliphatic carbocycles. The minimum absolute atomic E-state index is 0.295. The summed E-state index contributed by atoms with van der Waals surface area (Å²) in [6, 6.07) is 0. The summed E-state index contributed by atoms with van der Waals surface area (Å²) >= 11 is 0. The summed E-state index contributed by atoms with van der Waals surface area (Å²) in [6.45, 7) is 7.52. The molecule has 4 nitrogen and oxygen atoms in total. The Bertz CT molecular complexity index is 211. The van der Waals surface area contributed by atoms with Gasteiger partial charge in [-0.25, -0.2) is 0 Å². The van der Waals surface area contributed by atoms with Crippen molar-refractivity contribution in [2.75, 3.05) is 20.3 Å². The van der Waals surface area contributed by atoms with Gasteiger partial charge in [0.25, 0.3) is 0 Å². The molecule has 0 amide bonds. The van der Waals surface area contributed by atoms with Crippen LogP contribution >= 0.6 is 0 Å². The number of esters is 1. The standard InChI is InChI=1S/C11H20O4/c1-5-9(10(12)15-6-2)11(3,13)7-8-14-4/h5,9,13H,1,6-8H2,2-4H3. The minimum atomic E-state index is -1.18. The number of aliphatic hydroxyl groups is 1. The van der Waals surface area contributed by atoms with Gasteiger partial charge in [-0.05, 0) is 13.8 Å². The maximum absolute atomic E-state index is 11.5. The predicted molar refractivity (Wildman–Crippen MR) is 57.4 cm³/mol. The lowest BCUT2D eigenvalue weighted by atomic mass is 9.86. The number of methoxy groups -OCH3 is 1. The third-order valence-electron chi connectivity index (χ3n) is 2.26. The van der Waals surface area contributed by atoms with Gasteiger partial charge >= 0.3 is 5.97 Å². The molecular formula is C11H20O4. The predicted octanol–water partition coefficient (Wildman–Crippen LogP) is 1.14. The number of hydrogen-bond acceptors (Lipinski definition) is 4. The van der Waals surface area contributed by atoms with Gasteiger partial charge in [0.05, 0.1) is 12.2 Å². The second kappa shape index (κ2) is 6.58. The Kier molecular flexibility index (Phi) is 6.20. The number of carbonyl (C=O) groups excluding carboxylic acids is 1. The van der Waals surface area contributed by atoms with Crippen molar-refractivity contribution in [3.05, 3.63) is 12.7 Å². The Hall–Kier alpha value is -0.870. The van der Waals surface area contributed by atoms with Gasteiger partial charge in [-0.15, -0.1) is 6.58 Å². The van der Waals surface area contributed by atoms with Crippen LogP contribution in [0.15, 0.2) is 12.7 Å². The van der Waals surface area contributed by atoms with Crippen LogP contribution < -0.4 is 0 Å². The summed E-state index contributed by atoms with van der Waals surface area (Å²) in [5.41, 5.74) is -1.18. The quantitative estimate of drug-likeness (QED) is 0.512. The van der Waals surface area contributed by atoms with E-state index in [2.05, 4.69) is 6.58 Å². The largest absolute Gasteiger partial charge is 0.465 e. The summed E-state index contributed by atoms with van der Waals surface area (Å²) in [6.07, 6.45) is 1.77. The first-order chi connectivity index (χ1) is 6.99. The van der Waals surface area contributed by atoms with E-state index >= 15 is 0 Å². The third-order valence-corrected chi connectivity index (χ3v) is 2.26. The lowest BCUT2D eigenvalue weighted by Crippen LogP contribution is -2.40. The average Bonchev–Trinajstić information content (AvgIpc) is 2.16. The first-order valence-electron chi connectivity index (χ1n) is 5.00. The molecule has 0 aliphatic rings. The molecule has 0 heterocycles. The van der Waals surface area contributed by atoms with Crippen molar-refractivity contribution in [1.29, 1.82) is 0 Å². The fraction of sp³-hybridized carbons (Fsp3) is 0.727. The van der Waals surface area contributed by atoms with Gasteiger partial charge in [0, 0.05) is 20.1 Å². The molecule has 0 spiro atoms. The summed E-state index contributed by atoms with van der Waals surface area (Å²) < 4.78 is 9.72. The molecule has 1 N–H and O–H groups in total. The van der Waals surface area contributed by atoms with Crippen molar-refractivity contribution >= 4 is 5.97 Å². The molecule has 4 heteroatoms. The average molecular weight is 216 g/mol. The zero-order valence-electron chi connectivity index (χ0n) is 9.66. The second-order valence-corrected chi connectivity index (χ2v) is 3.57. The SMILES string of the molecule is C=CC(C(=O)OCC)C(C)(O)CCOC. The maximum Gasteiger partial charge on any atom is 0.315 e. The molecule has 0 aromatic carbocycles. The van der Waals surface area contributed by atoms with Gasteiger partial charge in [-0.2, -0.15) is 0 Å². The fourth-order valence-electron chi connectivity index (χ4n) is 1.30. The first kappa shape index (κ1) is 14.1. The molecule has 2 atom stereocenters. The molecule has 0 bridgehead atoms. The molecule has 0 rings (SSSR count). The monoisotopic (exact) mass is 216 g/mol. The van der Waals surface area contributed by atoms with Crippen molar-refractivity contribution in [2.24, 2.45) is 5.92 Å².